The number of nitrogens with one attached hydrogen (secondary N) is 1. The Hall–Kier alpha value is -1.60. The van der Waals surface area contributed by atoms with Gasteiger partial charge in [-0.3, -0.25) is 4.72 Å². The third kappa shape index (κ3) is 3.54. The summed E-state index contributed by atoms with van der Waals surface area (Å²) in [6, 6.07) is 8.67. The zero-order valence-corrected chi connectivity index (χ0v) is 13.6. The van der Waals surface area contributed by atoms with Crippen LogP contribution in [0.5, 0.6) is 0 Å². The molecule has 0 saturated carbocycles. The maximum atomic E-state index is 13.2. The Balaban J connectivity index is 2.42. The van der Waals surface area contributed by atoms with Crippen LogP contribution in [0.25, 0.3) is 0 Å². The molecule has 0 fully saturated rings. The third-order valence-electron chi connectivity index (χ3n) is 2.93. The van der Waals surface area contributed by atoms with Gasteiger partial charge in [0.05, 0.1) is 15.1 Å². The van der Waals surface area contributed by atoms with E-state index < -0.39 is 15.8 Å². The second-order valence-electron chi connectivity index (χ2n) is 4.46. The Kier molecular flexibility index (Phi) is 4.53. The van der Waals surface area contributed by atoms with Crippen molar-refractivity contribution in [1.82, 2.24) is 0 Å². The number of sulfonamides is 1. The molecule has 0 heterocycles. The summed E-state index contributed by atoms with van der Waals surface area (Å²) in [5.41, 5.74) is 6.97. The molecule has 7 heteroatoms. The minimum atomic E-state index is -3.78. The van der Waals surface area contributed by atoms with Gasteiger partial charge in [0, 0.05) is 5.69 Å². The maximum Gasteiger partial charge on any atom is 0.262 e. The zero-order chi connectivity index (χ0) is 15.6. The highest BCUT2D eigenvalue weighted by Gasteiger charge is 2.18. The number of nitrogens with two attached hydrogens (primary N) is 1. The van der Waals surface area contributed by atoms with Crippen molar-refractivity contribution in [3.05, 3.63) is 52.3 Å². The largest absolute Gasteiger partial charge is 0.399 e. The summed E-state index contributed by atoms with van der Waals surface area (Å²) in [4.78, 5) is 0.130. The van der Waals surface area contributed by atoms with E-state index in [1.165, 1.54) is 24.3 Å². The first-order valence-corrected chi connectivity index (χ1v) is 8.47. The molecule has 0 saturated heterocycles. The van der Waals surface area contributed by atoms with Crippen molar-refractivity contribution in [2.75, 3.05) is 10.5 Å². The summed E-state index contributed by atoms with van der Waals surface area (Å²) in [6.07, 6.45) is 0.559. The Labute approximate surface area is 131 Å². The van der Waals surface area contributed by atoms with Crippen LogP contribution in [0, 0.1) is 5.82 Å². The number of benzene rings is 2. The van der Waals surface area contributed by atoms with E-state index >= 15 is 0 Å². The van der Waals surface area contributed by atoms with Gasteiger partial charge in [-0.25, -0.2) is 12.8 Å². The maximum absolute atomic E-state index is 13.2. The number of nitrogen functional groups attached to an aromatic ring is 1. The quantitative estimate of drug-likeness (QED) is 0.806. The monoisotopic (exact) mass is 372 g/mol. The van der Waals surface area contributed by atoms with E-state index in [0.29, 0.717) is 17.7 Å². The molecule has 0 bridgehead atoms. The minimum absolute atomic E-state index is 0.130. The lowest BCUT2D eigenvalue weighted by molar-refractivity contribution is 0.600. The Morgan fingerprint density at radius 2 is 1.95 bits per heavy atom. The van der Waals surface area contributed by atoms with E-state index in [-0.39, 0.29) is 15.1 Å². The highest BCUT2D eigenvalue weighted by molar-refractivity contribution is 9.10. The minimum Gasteiger partial charge on any atom is -0.399 e. The average Bonchev–Trinajstić information content (AvgIpc) is 2.42. The van der Waals surface area contributed by atoms with Gasteiger partial charge in [0.1, 0.15) is 5.82 Å². The fourth-order valence-electron chi connectivity index (χ4n) is 1.88. The molecule has 0 atom stereocenters. The molecule has 0 unspecified atom stereocenters. The van der Waals surface area contributed by atoms with Crippen LogP contribution in [0.3, 0.4) is 0 Å². The van der Waals surface area contributed by atoms with Crippen LogP contribution in [-0.4, -0.2) is 8.42 Å². The van der Waals surface area contributed by atoms with E-state index in [1.54, 1.807) is 12.1 Å². The molecule has 0 amide bonds. The van der Waals surface area contributed by atoms with Crippen molar-refractivity contribution in [1.29, 1.82) is 0 Å². The van der Waals surface area contributed by atoms with Gasteiger partial charge in [0.15, 0.2) is 0 Å². The van der Waals surface area contributed by atoms with Crippen LogP contribution in [0.1, 0.15) is 12.5 Å². The van der Waals surface area contributed by atoms with Crippen LogP contribution in [0.15, 0.2) is 45.8 Å². The molecule has 112 valence electrons. The number of aryl methyl sites for hydroxylation is 1. The molecule has 0 aliphatic rings. The lowest BCUT2D eigenvalue weighted by Gasteiger charge is -2.12. The summed E-state index contributed by atoms with van der Waals surface area (Å²) >= 11 is 3.02. The number of hydrogen-bond acceptors (Lipinski definition) is 3. The van der Waals surface area contributed by atoms with E-state index in [9.17, 15) is 12.8 Å². The zero-order valence-electron chi connectivity index (χ0n) is 11.2. The normalized spacial score (nSPS) is 11.4. The number of rotatable bonds is 4. The lowest BCUT2D eigenvalue weighted by atomic mass is 10.1. The van der Waals surface area contributed by atoms with E-state index in [0.717, 1.165) is 0 Å². The predicted octanol–water partition coefficient (Wildman–Crippen LogP) is 3.53. The lowest BCUT2D eigenvalue weighted by Crippen LogP contribution is -2.15. The van der Waals surface area contributed by atoms with Gasteiger partial charge < -0.3 is 5.73 Å². The molecule has 0 radical (unpaired) electrons. The van der Waals surface area contributed by atoms with Gasteiger partial charge in [-0.1, -0.05) is 13.0 Å². The molecule has 0 aliphatic carbocycles. The molecule has 2 rings (SSSR count). The van der Waals surface area contributed by atoms with Gasteiger partial charge in [-0.15, -0.1) is 0 Å². The van der Waals surface area contributed by atoms with Gasteiger partial charge in [-0.05, 0) is 58.2 Å². The molecule has 3 N–H and O–H groups in total. The fraction of sp³-hybridized carbons (Fsp3) is 0.143. The van der Waals surface area contributed by atoms with Crippen LogP contribution >= 0.6 is 15.9 Å². The molecule has 0 aromatic heterocycles. The van der Waals surface area contributed by atoms with Gasteiger partial charge in [0.2, 0.25) is 0 Å². The van der Waals surface area contributed by atoms with Crippen molar-refractivity contribution in [2.24, 2.45) is 0 Å². The Morgan fingerprint density at radius 3 is 2.57 bits per heavy atom. The van der Waals surface area contributed by atoms with Crippen molar-refractivity contribution >= 4 is 37.3 Å². The summed E-state index contributed by atoms with van der Waals surface area (Å²) in [7, 11) is -3.78. The highest BCUT2D eigenvalue weighted by Crippen LogP contribution is 2.25. The summed E-state index contributed by atoms with van der Waals surface area (Å²) in [6.45, 7) is 1.86. The SMILES string of the molecule is CCc1ccc(N)cc1S(=O)(=O)Nc1ccc(F)c(Br)c1. The molecular weight excluding hydrogens is 359 g/mol. The first-order valence-electron chi connectivity index (χ1n) is 6.19. The molecule has 0 spiro atoms. The average molecular weight is 373 g/mol. The fourth-order valence-corrected chi connectivity index (χ4v) is 3.66. The second kappa shape index (κ2) is 6.03. The topological polar surface area (TPSA) is 72.2 Å². The van der Waals surface area contributed by atoms with Gasteiger partial charge >= 0.3 is 0 Å². The molecule has 2 aromatic rings. The molecule has 21 heavy (non-hydrogen) atoms. The van der Waals surface area contributed by atoms with Crippen molar-refractivity contribution in [2.45, 2.75) is 18.2 Å². The Morgan fingerprint density at radius 1 is 1.24 bits per heavy atom. The number of hydrogen-bond donors (Lipinski definition) is 2. The Bertz CT molecular complexity index is 779. The van der Waals surface area contributed by atoms with Gasteiger partial charge in [-0.2, -0.15) is 0 Å². The molecule has 4 nitrogen and oxygen atoms in total. The first-order chi connectivity index (χ1) is 9.83. The van der Waals surface area contributed by atoms with E-state index in [4.69, 9.17) is 5.73 Å². The summed E-state index contributed by atoms with van der Waals surface area (Å²) < 4.78 is 40.7. The highest BCUT2D eigenvalue weighted by atomic mass is 79.9. The number of halogens is 2. The van der Waals surface area contributed by atoms with Crippen molar-refractivity contribution in [3.8, 4) is 0 Å². The molecule has 2 aromatic carbocycles. The summed E-state index contributed by atoms with van der Waals surface area (Å²) in [5.74, 6) is -0.462. The van der Waals surface area contributed by atoms with Crippen LogP contribution < -0.4 is 10.5 Å². The van der Waals surface area contributed by atoms with E-state index in [1.807, 2.05) is 6.92 Å². The number of anilines is 2. The van der Waals surface area contributed by atoms with Crippen molar-refractivity contribution in [3.63, 3.8) is 0 Å². The second-order valence-corrected chi connectivity index (χ2v) is 6.96. The van der Waals surface area contributed by atoms with Crippen molar-refractivity contribution < 1.29 is 12.8 Å². The van der Waals surface area contributed by atoms with E-state index in [2.05, 4.69) is 20.7 Å². The summed E-state index contributed by atoms with van der Waals surface area (Å²) in [5, 5.41) is 0. The standard InChI is InChI=1S/C14H14BrFN2O2S/c1-2-9-3-4-10(17)7-14(9)21(19,20)18-11-5-6-13(16)12(15)8-11/h3-8,18H,2,17H2,1H3. The van der Waals surface area contributed by atoms with Gasteiger partial charge in [0.25, 0.3) is 10.0 Å². The van der Waals surface area contributed by atoms with Crippen LogP contribution in [0.4, 0.5) is 15.8 Å². The van der Waals surface area contributed by atoms with Crippen LogP contribution in [-0.2, 0) is 16.4 Å². The first kappa shape index (κ1) is 15.8. The predicted molar refractivity (Wildman–Crippen MR) is 85.1 cm³/mol. The van der Waals surface area contributed by atoms with Crippen LogP contribution in [0.2, 0.25) is 0 Å². The third-order valence-corrected chi connectivity index (χ3v) is 5.00. The molecular formula is C14H14BrFN2O2S. The molecule has 0 aliphatic heterocycles. The smallest absolute Gasteiger partial charge is 0.262 e.